The molecule has 1 aromatic carbocycles. The van der Waals surface area contributed by atoms with Crippen molar-refractivity contribution >= 4 is 11.9 Å². The summed E-state index contributed by atoms with van der Waals surface area (Å²) in [5.41, 5.74) is 1.11. The van der Waals surface area contributed by atoms with E-state index in [1.165, 1.54) is 5.56 Å². The lowest BCUT2D eigenvalue weighted by atomic mass is 9.84. The number of ether oxygens (including phenoxy) is 1. The number of carbonyl (C=O) groups is 1. The maximum Gasteiger partial charge on any atom is 0.219 e. The molecule has 1 N–H and O–H groups in total. The van der Waals surface area contributed by atoms with Gasteiger partial charge in [0.05, 0.1) is 13.7 Å². The number of aliphatic imine (C=N–C) groups is 1. The third-order valence-electron chi connectivity index (χ3n) is 4.83. The van der Waals surface area contributed by atoms with Crippen LogP contribution in [-0.2, 0) is 10.2 Å². The molecule has 0 aliphatic carbocycles. The minimum Gasteiger partial charge on any atom is -0.497 e. The molecule has 1 fully saturated rings. The molecule has 0 radical (unpaired) electrons. The molecular weight excluding hydrogens is 328 g/mol. The van der Waals surface area contributed by atoms with Gasteiger partial charge in [0.15, 0.2) is 5.96 Å². The summed E-state index contributed by atoms with van der Waals surface area (Å²) in [6.45, 7) is 12.7. The Morgan fingerprint density at radius 2 is 1.88 bits per heavy atom. The number of hydrogen-bond acceptors (Lipinski definition) is 3. The van der Waals surface area contributed by atoms with Crippen molar-refractivity contribution in [3.05, 3.63) is 29.8 Å². The molecule has 0 aromatic heterocycles. The zero-order valence-corrected chi connectivity index (χ0v) is 16.7. The summed E-state index contributed by atoms with van der Waals surface area (Å²) in [7, 11) is 1.69. The normalized spacial score (nSPS) is 15.8. The van der Waals surface area contributed by atoms with E-state index in [0.717, 1.165) is 44.4 Å². The maximum atomic E-state index is 11.5. The van der Waals surface area contributed by atoms with Crippen molar-refractivity contribution in [3.63, 3.8) is 0 Å². The number of nitrogens with one attached hydrogen (secondary N) is 1. The van der Waals surface area contributed by atoms with Gasteiger partial charge in [0.1, 0.15) is 5.75 Å². The van der Waals surface area contributed by atoms with Crippen LogP contribution in [0.5, 0.6) is 5.75 Å². The van der Waals surface area contributed by atoms with Gasteiger partial charge in [-0.25, -0.2) is 0 Å². The summed E-state index contributed by atoms with van der Waals surface area (Å²) in [5, 5.41) is 3.39. The predicted octanol–water partition coefficient (Wildman–Crippen LogP) is 2.10. The average molecular weight is 361 g/mol. The van der Waals surface area contributed by atoms with Crippen LogP contribution >= 0.6 is 0 Å². The number of guanidine groups is 1. The van der Waals surface area contributed by atoms with E-state index in [0.29, 0.717) is 6.54 Å². The van der Waals surface area contributed by atoms with Crippen LogP contribution in [0.1, 0.15) is 33.3 Å². The fourth-order valence-electron chi connectivity index (χ4n) is 3.07. The zero-order chi connectivity index (χ0) is 19.2. The fraction of sp³-hybridized carbons (Fsp3) is 0.600. The highest BCUT2D eigenvalue weighted by molar-refractivity contribution is 5.80. The number of nitrogens with zero attached hydrogens (tertiary/aromatic N) is 3. The number of rotatable bonds is 5. The molecule has 1 amide bonds. The van der Waals surface area contributed by atoms with Crippen LogP contribution in [0.2, 0.25) is 0 Å². The van der Waals surface area contributed by atoms with Gasteiger partial charge < -0.3 is 19.9 Å². The number of benzene rings is 1. The molecule has 6 heteroatoms. The number of piperazine rings is 1. The molecular formula is C20H32N4O2. The van der Waals surface area contributed by atoms with E-state index in [2.05, 4.69) is 43.1 Å². The molecule has 1 aliphatic heterocycles. The third kappa shape index (κ3) is 5.13. The Morgan fingerprint density at radius 1 is 1.23 bits per heavy atom. The molecule has 0 unspecified atom stereocenters. The van der Waals surface area contributed by atoms with Crippen LogP contribution in [0.3, 0.4) is 0 Å². The van der Waals surface area contributed by atoms with Crippen molar-refractivity contribution < 1.29 is 9.53 Å². The van der Waals surface area contributed by atoms with Crippen molar-refractivity contribution in [2.24, 2.45) is 4.99 Å². The van der Waals surface area contributed by atoms with Crippen LogP contribution < -0.4 is 10.1 Å². The lowest BCUT2D eigenvalue weighted by Crippen LogP contribution is -2.53. The third-order valence-corrected chi connectivity index (χ3v) is 4.83. The molecule has 0 atom stereocenters. The molecule has 1 saturated heterocycles. The van der Waals surface area contributed by atoms with Gasteiger partial charge >= 0.3 is 0 Å². The monoisotopic (exact) mass is 360 g/mol. The van der Waals surface area contributed by atoms with Gasteiger partial charge in [-0.2, -0.15) is 0 Å². The van der Waals surface area contributed by atoms with Gasteiger partial charge in [-0.3, -0.25) is 9.79 Å². The van der Waals surface area contributed by atoms with Crippen molar-refractivity contribution in [2.45, 2.75) is 33.1 Å². The fourth-order valence-corrected chi connectivity index (χ4v) is 3.07. The first-order chi connectivity index (χ1) is 12.4. The molecule has 2 rings (SSSR count). The topological polar surface area (TPSA) is 57.2 Å². The second kappa shape index (κ2) is 8.92. The minimum atomic E-state index is -0.101. The standard InChI is InChI=1S/C20H32N4O2/c1-6-21-19(24-12-10-23(11-13-24)16(2)25)22-15-20(3,4)17-8-7-9-18(14-17)26-5/h7-9,14H,6,10-13,15H2,1-5H3,(H,21,22). The van der Waals surface area contributed by atoms with Gasteiger partial charge in [0.25, 0.3) is 0 Å². The Bertz CT molecular complexity index is 634. The van der Waals surface area contributed by atoms with Crippen LogP contribution in [-0.4, -0.2) is 68.0 Å². The van der Waals surface area contributed by atoms with Crippen molar-refractivity contribution in [3.8, 4) is 5.75 Å². The second-order valence-electron chi connectivity index (χ2n) is 7.28. The lowest BCUT2D eigenvalue weighted by molar-refractivity contribution is -0.130. The molecule has 1 aliphatic rings. The highest BCUT2D eigenvalue weighted by Crippen LogP contribution is 2.26. The first-order valence-electron chi connectivity index (χ1n) is 9.30. The van der Waals surface area contributed by atoms with E-state index in [1.807, 2.05) is 17.0 Å². The van der Waals surface area contributed by atoms with Crippen molar-refractivity contribution in [2.75, 3.05) is 46.4 Å². The number of amides is 1. The van der Waals surface area contributed by atoms with E-state index in [4.69, 9.17) is 9.73 Å². The quantitative estimate of drug-likeness (QED) is 0.645. The average Bonchev–Trinajstić information content (AvgIpc) is 2.65. The number of methoxy groups -OCH3 is 1. The molecule has 26 heavy (non-hydrogen) atoms. The van der Waals surface area contributed by atoms with E-state index in [9.17, 15) is 4.79 Å². The molecule has 0 bridgehead atoms. The Balaban J connectivity index is 2.09. The molecule has 0 saturated carbocycles. The molecule has 1 aromatic rings. The SMILES string of the molecule is CCNC(=NCC(C)(C)c1cccc(OC)c1)N1CCN(C(C)=O)CC1. The summed E-state index contributed by atoms with van der Waals surface area (Å²) >= 11 is 0. The second-order valence-corrected chi connectivity index (χ2v) is 7.28. The molecule has 0 spiro atoms. The van der Waals surface area contributed by atoms with E-state index < -0.39 is 0 Å². The van der Waals surface area contributed by atoms with Crippen LogP contribution in [0.4, 0.5) is 0 Å². The highest BCUT2D eigenvalue weighted by atomic mass is 16.5. The summed E-state index contributed by atoms with van der Waals surface area (Å²) in [5.74, 6) is 1.93. The minimum absolute atomic E-state index is 0.101. The first-order valence-corrected chi connectivity index (χ1v) is 9.30. The number of carbonyl (C=O) groups excluding carboxylic acids is 1. The zero-order valence-electron chi connectivity index (χ0n) is 16.7. The Labute approximate surface area is 157 Å². The van der Waals surface area contributed by atoms with E-state index >= 15 is 0 Å². The van der Waals surface area contributed by atoms with E-state index in [-0.39, 0.29) is 11.3 Å². The molecule has 144 valence electrons. The van der Waals surface area contributed by atoms with Gasteiger partial charge in [-0.15, -0.1) is 0 Å². The highest BCUT2D eigenvalue weighted by Gasteiger charge is 2.24. The van der Waals surface area contributed by atoms with Gasteiger partial charge in [-0.05, 0) is 24.6 Å². The summed E-state index contributed by atoms with van der Waals surface area (Å²) in [6.07, 6.45) is 0. The first kappa shape index (κ1) is 20.1. The Morgan fingerprint density at radius 3 is 2.46 bits per heavy atom. The smallest absolute Gasteiger partial charge is 0.219 e. The van der Waals surface area contributed by atoms with Gasteiger partial charge in [-0.1, -0.05) is 26.0 Å². The Hall–Kier alpha value is -2.24. The maximum absolute atomic E-state index is 11.5. The summed E-state index contributed by atoms with van der Waals surface area (Å²) in [4.78, 5) is 20.5. The molecule has 1 heterocycles. The van der Waals surface area contributed by atoms with Crippen molar-refractivity contribution in [1.82, 2.24) is 15.1 Å². The van der Waals surface area contributed by atoms with Crippen LogP contribution in [0, 0.1) is 0 Å². The lowest BCUT2D eigenvalue weighted by Gasteiger charge is -2.36. The van der Waals surface area contributed by atoms with Gasteiger partial charge in [0, 0.05) is 45.1 Å². The Kier molecular flexibility index (Phi) is 6.89. The largest absolute Gasteiger partial charge is 0.497 e. The van der Waals surface area contributed by atoms with E-state index in [1.54, 1.807) is 14.0 Å². The summed E-state index contributed by atoms with van der Waals surface area (Å²) in [6, 6.07) is 8.18. The van der Waals surface area contributed by atoms with Crippen LogP contribution in [0.15, 0.2) is 29.3 Å². The number of hydrogen-bond donors (Lipinski definition) is 1. The van der Waals surface area contributed by atoms with Gasteiger partial charge in [0.2, 0.25) is 5.91 Å². The molecule has 6 nitrogen and oxygen atoms in total. The predicted molar refractivity (Wildman–Crippen MR) is 106 cm³/mol. The van der Waals surface area contributed by atoms with Crippen molar-refractivity contribution in [1.29, 1.82) is 0 Å². The summed E-state index contributed by atoms with van der Waals surface area (Å²) < 4.78 is 5.35. The van der Waals surface area contributed by atoms with Crippen LogP contribution in [0.25, 0.3) is 0 Å².